The highest BCUT2D eigenvalue weighted by atomic mass is 16.4. The minimum Gasteiger partial charge on any atom is -0.508 e. The van der Waals surface area contributed by atoms with Crippen LogP contribution in [0.15, 0.2) is 48.5 Å². The molecule has 0 fully saturated rings. The van der Waals surface area contributed by atoms with Crippen molar-refractivity contribution in [3.05, 3.63) is 59.7 Å². The summed E-state index contributed by atoms with van der Waals surface area (Å²) in [5, 5.41) is 61.2. The number of aliphatic hydroxyl groups excluding tert-OH is 1. The molecule has 2 aromatic carbocycles. The summed E-state index contributed by atoms with van der Waals surface area (Å²) in [4.78, 5) is 114. The lowest BCUT2D eigenvalue weighted by molar-refractivity contribution is -0.143. The van der Waals surface area contributed by atoms with E-state index in [0.29, 0.717) is 11.1 Å². The summed E-state index contributed by atoms with van der Waals surface area (Å²) in [5.74, 6) is -10.9. The van der Waals surface area contributed by atoms with Gasteiger partial charge in [-0.2, -0.15) is 0 Å². The Hall–Kier alpha value is -6.81. The molecule has 22 heteroatoms. The number of carbonyl (C=O) groups is 9. The second kappa shape index (κ2) is 21.9. The van der Waals surface area contributed by atoms with E-state index in [0.717, 1.165) is 6.92 Å². The summed E-state index contributed by atoms with van der Waals surface area (Å²) >= 11 is 0. The summed E-state index contributed by atoms with van der Waals surface area (Å²) in [6, 6.07) is -0.463. The number of benzene rings is 2. The number of aliphatic hydroxyl groups is 1. The van der Waals surface area contributed by atoms with Crippen LogP contribution in [0.4, 0.5) is 0 Å². The molecule has 0 bridgehead atoms. The van der Waals surface area contributed by atoms with E-state index in [2.05, 4.69) is 26.6 Å². The molecule has 0 aromatic heterocycles. The van der Waals surface area contributed by atoms with Gasteiger partial charge in [0.2, 0.25) is 41.4 Å². The first-order valence-electron chi connectivity index (χ1n) is 17.2. The van der Waals surface area contributed by atoms with Crippen molar-refractivity contribution in [3.8, 4) is 11.5 Å². The third kappa shape index (κ3) is 15.8. The van der Waals surface area contributed by atoms with Gasteiger partial charge in [-0.3, -0.25) is 43.2 Å². The Morgan fingerprint density at radius 1 is 0.544 bits per heavy atom. The molecule has 2 rings (SSSR count). The number of rotatable bonds is 22. The van der Waals surface area contributed by atoms with Crippen molar-refractivity contribution < 1.29 is 68.7 Å². The summed E-state index contributed by atoms with van der Waals surface area (Å²) in [6.07, 6.45) is -2.56. The molecule has 0 spiro atoms. The number of carboxylic acid groups (broad SMARTS) is 2. The van der Waals surface area contributed by atoms with Crippen molar-refractivity contribution in [2.45, 2.75) is 81.8 Å². The highest BCUT2D eigenvalue weighted by Crippen LogP contribution is 2.14. The van der Waals surface area contributed by atoms with E-state index in [1.165, 1.54) is 55.5 Å². The number of primary amides is 1. The molecule has 0 aliphatic heterocycles. The zero-order valence-corrected chi connectivity index (χ0v) is 30.8. The van der Waals surface area contributed by atoms with E-state index in [1.807, 2.05) is 5.32 Å². The number of carboxylic acids is 2. The second-order valence-electron chi connectivity index (χ2n) is 12.9. The van der Waals surface area contributed by atoms with Crippen LogP contribution in [-0.4, -0.2) is 128 Å². The number of aromatic hydroxyl groups is 2. The van der Waals surface area contributed by atoms with Crippen molar-refractivity contribution >= 4 is 53.3 Å². The second-order valence-corrected chi connectivity index (χ2v) is 12.9. The quantitative estimate of drug-likeness (QED) is 0.0534. The lowest BCUT2D eigenvalue weighted by Crippen LogP contribution is -2.61. The van der Waals surface area contributed by atoms with E-state index in [1.54, 1.807) is 0 Å². The lowest BCUT2D eigenvalue weighted by Gasteiger charge is -2.27. The number of hydrogen-bond donors (Lipinski definition) is 13. The smallest absolute Gasteiger partial charge is 0.325 e. The van der Waals surface area contributed by atoms with Crippen molar-refractivity contribution in [3.63, 3.8) is 0 Å². The normalized spacial score (nSPS) is 14.5. The van der Waals surface area contributed by atoms with Crippen LogP contribution < -0.4 is 43.4 Å². The molecule has 0 heterocycles. The maximum absolute atomic E-state index is 13.8. The third-order valence-electron chi connectivity index (χ3n) is 8.03. The van der Waals surface area contributed by atoms with Crippen LogP contribution in [0, 0.1) is 0 Å². The van der Waals surface area contributed by atoms with Gasteiger partial charge in [0.05, 0.1) is 25.5 Å². The fourth-order valence-corrected chi connectivity index (χ4v) is 4.91. The monoisotopic (exact) mass is 802 g/mol. The van der Waals surface area contributed by atoms with E-state index in [4.69, 9.17) is 16.6 Å². The average molecular weight is 803 g/mol. The molecule has 22 nitrogen and oxygen atoms in total. The molecule has 7 atom stereocenters. The number of hydrogen-bond acceptors (Lipinski definition) is 13. The van der Waals surface area contributed by atoms with Crippen LogP contribution in [0.25, 0.3) is 0 Å². The Kier molecular flexibility index (Phi) is 17.8. The molecule has 310 valence electrons. The van der Waals surface area contributed by atoms with Gasteiger partial charge in [0.15, 0.2) is 0 Å². The van der Waals surface area contributed by atoms with Gasteiger partial charge in [0.25, 0.3) is 0 Å². The number of phenolic OH excluding ortho intramolecular Hbond substituents is 2. The van der Waals surface area contributed by atoms with Gasteiger partial charge in [-0.15, -0.1) is 0 Å². The number of aliphatic carboxylic acids is 2. The van der Waals surface area contributed by atoms with Crippen molar-refractivity contribution in [1.29, 1.82) is 0 Å². The van der Waals surface area contributed by atoms with Gasteiger partial charge in [-0.1, -0.05) is 24.3 Å². The Morgan fingerprint density at radius 3 is 1.26 bits per heavy atom. The van der Waals surface area contributed by atoms with Crippen LogP contribution in [0.2, 0.25) is 0 Å². The number of nitrogens with two attached hydrogens (primary N) is 2. The molecule has 7 amide bonds. The Bertz CT molecular complexity index is 1790. The molecule has 0 saturated heterocycles. The maximum atomic E-state index is 13.8. The van der Waals surface area contributed by atoms with Crippen LogP contribution in [0.1, 0.15) is 37.8 Å². The molecule has 0 aliphatic carbocycles. The van der Waals surface area contributed by atoms with Gasteiger partial charge >= 0.3 is 11.9 Å². The van der Waals surface area contributed by atoms with Crippen molar-refractivity contribution in [2.75, 3.05) is 6.61 Å². The number of phenols is 2. The SMILES string of the molecule is C[C@H](N)C(=O)N[C@@H](CO)C(=O)N[C@@H](Cc1ccc(O)cc1)C(=O)N[C@@H](CC(N)=O)C(=O)N[C@@H](Cc1ccc(O)cc1)C(=O)N[C@@H](CC(=O)O)C(=O)N[C@@H](C)C(=O)O. The number of nitrogens with one attached hydrogen (secondary N) is 6. The fourth-order valence-electron chi connectivity index (χ4n) is 4.91. The standard InChI is InChI=1S/C35H46N8O14/c1-16(36)29(50)43-26(15-44)34(55)40-23(12-19-5-9-21(46)10-6-19)31(52)41-24(13-27(37)47)33(54)39-22(11-18-3-7-20(45)8-4-18)32(53)42-25(14-28(48)49)30(51)38-17(2)35(56)57/h3-10,16-17,22-26,44-46H,11-15,36H2,1-2H3,(H2,37,47)(H,38,51)(H,39,54)(H,40,55)(H,41,52)(H,42,53)(H,43,50)(H,48,49)(H,56,57)/t16-,17-,22-,23-,24-,25-,26-/m0/s1. The topological polar surface area (TPSA) is 379 Å². The predicted octanol–water partition coefficient (Wildman–Crippen LogP) is -4.41. The fraction of sp³-hybridized carbons (Fsp3) is 0.400. The van der Waals surface area contributed by atoms with Crippen LogP contribution >= 0.6 is 0 Å². The molecule has 0 saturated carbocycles. The first-order chi connectivity index (χ1) is 26.7. The minimum atomic E-state index is -1.85. The van der Waals surface area contributed by atoms with E-state index >= 15 is 0 Å². The Labute approximate surface area is 324 Å². The first kappa shape index (κ1) is 46.3. The van der Waals surface area contributed by atoms with E-state index in [9.17, 15) is 63.6 Å². The summed E-state index contributed by atoms with van der Waals surface area (Å²) in [5.41, 5.74) is 11.6. The molecular formula is C35H46N8O14. The summed E-state index contributed by atoms with van der Waals surface area (Å²) in [7, 11) is 0. The van der Waals surface area contributed by atoms with E-state index in [-0.39, 0.29) is 24.3 Å². The molecular weight excluding hydrogens is 756 g/mol. The third-order valence-corrected chi connectivity index (χ3v) is 8.03. The summed E-state index contributed by atoms with van der Waals surface area (Å²) < 4.78 is 0. The predicted molar refractivity (Wildman–Crippen MR) is 195 cm³/mol. The highest BCUT2D eigenvalue weighted by molar-refractivity contribution is 5.99. The number of carbonyl (C=O) groups excluding carboxylic acids is 7. The minimum absolute atomic E-state index is 0.128. The van der Waals surface area contributed by atoms with Gasteiger partial charge in [-0.05, 0) is 49.2 Å². The van der Waals surface area contributed by atoms with Gasteiger partial charge in [0.1, 0.15) is 47.8 Å². The molecule has 15 N–H and O–H groups in total. The van der Waals surface area contributed by atoms with Crippen molar-refractivity contribution in [2.24, 2.45) is 11.5 Å². The average Bonchev–Trinajstić information content (AvgIpc) is 3.13. The van der Waals surface area contributed by atoms with Crippen molar-refractivity contribution in [1.82, 2.24) is 31.9 Å². The largest absolute Gasteiger partial charge is 0.508 e. The summed E-state index contributed by atoms with van der Waals surface area (Å²) in [6.45, 7) is 1.49. The molecule has 0 unspecified atom stereocenters. The molecule has 2 aromatic rings. The number of amides is 7. The highest BCUT2D eigenvalue weighted by Gasteiger charge is 2.34. The Morgan fingerprint density at radius 2 is 0.895 bits per heavy atom. The van der Waals surface area contributed by atoms with Gasteiger partial charge < -0.3 is 68.9 Å². The van der Waals surface area contributed by atoms with Crippen LogP contribution in [0.5, 0.6) is 11.5 Å². The zero-order valence-electron chi connectivity index (χ0n) is 30.8. The first-order valence-corrected chi connectivity index (χ1v) is 17.2. The Balaban J connectivity index is 2.46. The van der Waals surface area contributed by atoms with Gasteiger partial charge in [-0.25, -0.2) is 0 Å². The maximum Gasteiger partial charge on any atom is 0.325 e. The van der Waals surface area contributed by atoms with Crippen LogP contribution in [0.3, 0.4) is 0 Å². The van der Waals surface area contributed by atoms with E-state index < -0.39 is 115 Å². The molecule has 57 heavy (non-hydrogen) atoms. The lowest BCUT2D eigenvalue weighted by atomic mass is 10.0. The molecule has 0 radical (unpaired) electrons. The van der Waals surface area contributed by atoms with Crippen LogP contribution in [-0.2, 0) is 56.0 Å². The zero-order chi connectivity index (χ0) is 43.0. The van der Waals surface area contributed by atoms with Gasteiger partial charge in [0, 0.05) is 12.8 Å². The molecule has 0 aliphatic rings.